The second kappa shape index (κ2) is 9.03. The van der Waals surface area contributed by atoms with Gasteiger partial charge in [0.15, 0.2) is 5.16 Å². The zero-order valence-corrected chi connectivity index (χ0v) is 16.5. The molecule has 1 amide bonds. The van der Waals surface area contributed by atoms with E-state index in [9.17, 15) is 14.0 Å². The molecule has 144 valence electrons. The molecule has 0 aliphatic rings. The van der Waals surface area contributed by atoms with Crippen LogP contribution in [-0.2, 0) is 17.0 Å². The average Bonchev–Trinajstić information content (AvgIpc) is 2.64. The molecule has 8 heteroatoms. The summed E-state index contributed by atoms with van der Waals surface area (Å²) in [6.45, 7) is 1.87. The molecular formula is C20H17ClFN3O2S. The van der Waals surface area contributed by atoms with Gasteiger partial charge in [-0.25, -0.2) is 9.37 Å². The summed E-state index contributed by atoms with van der Waals surface area (Å²) in [6.07, 6.45) is -0.0421. The van der Waals surface area contributed by atoms with Crippen LogP contribution < -0.4 is 10.9 Å². The number of H-pyrrole nitrogens is 1. The first kappa shape index (κ1) is 20.1. The summed E-state index contributed by atoms with van der Waals surface area (Å²) in [7, 11) is 0. The SMILES string of the molecule is Cc1ccc(NC(=O)Cc2cc(=O)[nH]c(SCc3ccc(F)cc3)n2)cc1Cl. The minimum Gasteiger partial charge on any atom is -0.326 e. The predicted molar refractivity (Wildman–Crippen MR) is 109 cm³/mol. The van der Waals surface area contributed by atoms with Crippen LogP contribution in [0.15, 0.2) is 58.5 Å². The Kier molecular flexibility index (Phi) is 6.49. The lowest BCUT2D eigenvalue weighted by molar-refractivity contribution is -0.115. The van der Waals surface area contributed by atoms with Crippen molar-refractivity contribution in [2.45, 2.75) is 24.3 Å². The van der Waals surface area contributed by atoms with Crippen molar-refractivity contribution >= 4 is 35.0 Å². The monoisotopic (exact) mass is 417 g/mol. The van der Waals surface area contributed by atoms with Gasteiger partial charge in [0.2, 0.25) is 5.91 Å². The van der Waals surface area contributed by atoms with Gasteiger partial charge in [-0.3, -0.25) is 9.59 Å². The van der Waals surface area contributed by atoms with Crippen LogP contribution in [0.4, 0.5) is 10.1 Å². The fourth-order valence-electron chi connectivity index (χ4n) is 2.41. The molecule has 0 unspecified atom stereocenters. The summed E-state index contributed by atoms with van der Waals surface area (Å²) in [5.74, 6) is -0.0866. The number of aromatic nitrogens is 2. The molecule has 2 N–H and O–H groups in total. The topological polar surface area (TPSA) is 74.8 Å². The second-order valence-electron chi connectivity index (χ2n) is 6.15. The maximum atomic E-state index is 13.0. The highest BCUT2D eigenvalue weighted by molar-refractivity contribution is 7.98. The van der Waals surface area contributed by atoms with E-state index in [0.717, 1.165) is 11.1 Å². The van der Waals surface area contributed by atoms with Crippen molar-refractivity contribution in [3.63, 3.8) is 0 Å². The van der Waals surface area contributed by atoms with E-state index < -0.39 is 0 Å². The molecule has 0 aliphatic carbocycles. The predicted octanol–water partition coefficient (Wildman–Crippen LogP) is 4.34. The highest BCUT2D eigenvalue weighted by atomic mass is 35.5. The Bertz CT molecular complexity index is 1050. The molecule has 1 aromatic heterocycles. The Morgan fingerprint density at radius 3 is 2.68 bits per heavy atom. The maximum Gasteiger partial charge on any atom is 0.251 e. The van der Waals surface area contributed by atoms with Gasteiger partial charge in [-0.15, -0.1) is 0 Å². The highest BCUT2D eigenvalue weighted by Crippen LogP contribution is 2.21. The Hall–Kier alpha value is -2.64. The molecule has 2 aromatic carbocycles. The largest absolute Gasteiger partial charge is 0.326 e. The minimum atomic E-state index is -0.335. The van der Waals surface area contributed by atoms with Crippen molar-refractivity contribution in [2.24, 2.45) is 0 Å². The van der Waals surface area contributed by atoms with Gasteiger partial charge < -0.3 is 10.3 Å². The number of hydrogen-bond donors (Lipinski definition) is 2. The van der Waals surface area contributed by atoms with Crippen molar-refractivity contribution < 1.29 is 9.18 Å². The molecule has 5 nitrogen and oxygen atoms in total. The minimum absolute atomic E-state index is 0.0421. The van der Waals surface area contributed by atoms with Crippen LogP contribution >= 0.6 is 23.4 Å². The third kappa shape index (κ3) is 5.68. The van der Waals surface area contributed by atoms with E-state index in [1.807, 2.05) is 13.0 Å². The molecule has 3 aromatic rings. The van der Waals surface area contributed by atoms with Gasteiger partial charge in [-0.1, -0.05) is 41.6 Å². The number of carbonyl (C=O) groups is 1. The van der Waals surface area contributed by atoms with Gasteiger partial charge in [-0.2, -0.15) is 0 Å². The Morgan fingerprint density at radius 1 is 1.21 bits per heavy atom. The van der Waals surface area contributed by atoms with Gasteiger partial charge >= 0.3 is 0 Å². The summed E-state index contributed by atoms with van der Waals surface area (Å²) < 4.78 is 13.0. The molecule has 0 radical (unpaired) electrons. The summed E-state index contributed by atoms with van der Waals surface area (Å²) >= 11 is 7.36. The van der Waals surface area contributed by atoms with Gasteiger partial charge in [-0.05, 0) is 42.3 Å². The van der Waals surface area contributed by atoms with Crippen molar-refractivity contribution in [3.05, 3.63) is 86.5 Å². The van der Waals surface area contributed by atoms with E-state index >= 15 is 0 Å². The summed E-state index contributed by atoms with van der Waals surface area (Å²) in [5, 5.41) is 3.71. The molecule has 0 atom stereocenters. The number of rotatable bonds is 6. The molecule has 0 saturated heterocycles. The second-order valence-corrected chi connectivity index (χ2v) is 7.52. The van der Waals surface area contributed by atoms with Crippen molar-refractivity contribution in [1.82, 2.24) is 9.97 Å². The number of amides is 1. The summed E-state index contributed by atoms with van der Waals surface area (Å²) in [6, 6.07) is 12.6. The van der Waals surface area contributed by atoms with Crippen LogP contribution in [0.3, 0.4) is 0 Å². The lowest BCUT2D eigenvalue weighted by Crippen LogP contribution is -2.18. The van der Waals surface area contributed by atoms with Crippen LogP contribution in [0, 0.1) is 12.7 Å². The standard InChI is InChI=1S/C20H17ClFN3O2S/c1-12-2-7-15(8-17(12)21)23-18(26)9-16-10-19(27)25-20(24-16)28-11-13-3-5-14(22)6-4-13/h2-8,10H,9,11H2,1H3,(H,23,26)(H,24,25,27). The Morgan fingerprint density at radius 2 is 1.96 bits per heavy atom. The lowest BCUT2D eigenvalue weighted by atomic mass is 10.2. The van der Waals surface area contributed by atoms with E-state index in [4.69, 9.17) is 11.6 Å². The molecule has 0 aliphatic heterocycles. The van der Waals surface area contributed by atoms with E-state index in [0.29, 0.717) is 27.3 Å². The number of halogens is 2. The fourth-order valence-corrected chi connectivity index (χ4v) is 3.45. The fraction of sp³-hybridized carbons (Fsp3) is 0.150. The number of nitrogens with zero attached hydrogens (tertiary/aromatic N) is 1. The van der Waals surface area contributed by atoms with E-state index in [-0.39, 0.29) is 23.7 Å². The first-order valence-corrected chi connectivity index (χ1v) is 9.79. The number of aromatic amines is 1. The molecular weight excluding hydrogens is 401 g/mol. The quantitative estimate of drug-likeness (QED) is 0.462. The van der Waals surface area contributed by atoms with Gasteiger partial charge in [0.1, 0.15) is 5.82 Å². The molecule has 0 fully saturated rings. The zero-order chi connectivity index (χ0) is 20.1. The smallest absolute Gasteiger partial charge is 0.251 e. The number of nitrogens with one attached hydrogen (secondary N) is 2. The first-order valence-electron chi connectivity index (χ1n) is 8.42. The van der Waals surface area contributed by atoms with E-state index in [2.05, 4.69) is 15.3 Å². The van der Waals surface area contributed by atoms with Gasteiger partial charge in [0, 0.05) is 22.5 Å². The third-order valence-corrected chi connectivity index (χ3v) is 5.21. The zero-order valence-electron chi connectivity index (χ0n) is 15.0. The molecule has 0 saturated carbocycles. The Labute approximate surface area is 170 Å². The van der Waals surface area contributed by atoms with Crippen molar-refractivity contribution in [1.29, 1.82) is 0 Å². The number of anilines is 1. The van der Waals surface area contributed by atoms with E-state index in [1.54, 1.807) is 24.3 Å². The van der Waals surface area contributed by atoms with Crippen LogP contribution in [0.1, 0.15) is 16.8 Å². The maximum absolute atomic E-state index is 13.0. The molecule has 0 spiro atoms. The summed E-state index contributed by atoms with van der Waals surface area (Å²) in [5.41, 5.74) is 2.42. The van der Waals surface area contributed by atoms with E-state index in [1.165, 1.54) is 30.0 Å². The van der Waals surface area contributed by atoms with Crippen LogP contribution in [0.25, 0.3) is 0 Å². The van der Waals surface area contributed by atoms with Crippen LogP contribution in [-0.4, -0.2) is 15.9 Å². The van der Waals surface area contributed by atoms with Crippen molar-refractivity contribution in [3.8, 4) is 0 Å². The average molecular weight is 418 g/mol. The molecule has 0 bridgehead atoms. The number of hydrogen-bond acceptors (Lipinski definition) is 4. The summed E-state index contributed by atoms with van der Waals surface area (Å²) in [4.78, 5) is 31.1. The van der Waals surface area contributed by atoms with Gasteiger partial charge in [0.05, 0.1) is 12.1 Å². The molecule has 28 heavy (non-hydrogen) atoms. The third-order valence-electron chi connectivity index (χ3n) is 3.86. The number of thioether (sulfide) groups is 1. The van der Waals surface area contributed by atoms with Crippen molar-refractivity contribution in [2.75, 3.05) is 5.32 Å². The van der Waals surface area contributed by atoms with Crippen LogP contribution in [0.2, 0.25) is 5.02 Å². The number of carbonyl (C=O) groups excluding carboxylic acids is 1. The highest BCUT2D eigenvalue weighted by Gasteiger charge is 2.09. The van der Waals surface area contributed by atoms with Crippen LogP contribution in [0.5, 0.6) is 0 Å². The molecule has 1 heterocycles. The number of benzene rings is 2. The van der Waals surface area contributed by atoms with Gasteiger partial charge in [0.25, 0.3) is 5.56 Å². The normalized spacial score (nSPS) is 10.7. The lowest BCUT2D eigenvalue weighted by Gasteiger charge is -2.07. The molecule has 3 rings (SSSR count). The Balaban J connectivity index is 1.65. The first-order chi connectivity index (χ1) is 13.4. The number of aryl methyl sites for hydroxylation is 1.